The van der Waals surface area contributed by atoms with Gasteiger partial charge in [-0.1, -0.05) is 0 Å². The molecule has 3 N–H and O–H groups in total. The summed E-state index contributed by atoms with van der Waals surface area (Å²) < 4.78 is 0. The monoisotopic (exact) mass is 376 g/mol. The minimum absolute atomic E-state index is 0.00954. The van der Waals surface area contributed by atoms with Gasteiger partial charge in [-0.2, -0.15) is 0 Å². The van der Waals surface area contributed by atoms with Gasteiger partial charge in [0, 0.05) is 23.9 Å². The van der Waals surface area contributed by atoms with Gasteiger partial charge in [0.25, 0.3) is 0 Å². The Morgan fingerprint density at radius 2 is 2.08 bits per heavy atom. The predicted molar refractivity (Wildman–Crippen MR) is 103 cm³/mol. The number of carbonyl (C=O) groups excluding carboxylic acids is 2. The molecule has 0 atom stereocenters. The maximum Gasteiger partial charge on any atom is 0.234 e. The Hall–Kier alpha value is -2.45. The molecule has 1 aromatic carbocycles. The number of benzene rings is 1. The van der Waals surface area contributed by atoms with Crippen molar-refractivity contribution in [1.82, 2.24) is 15.2 Å². The van der Waals surface area contributed by atoms with Crippen LogP contribution in [-0.2, 0) is 16.1 Å². The van der Waals surface area contributed by atoms with Gasteiger partial charge in [0.15, 0.2) is 0 Å². The van der Waals surface area contributed by atoms with E-state index in [0.29, 0.717) is 18.8 Å². The maximum absolute atomic E-state index is 11.8. The number of likely N-dealkylation sites (N-methyl/N-ethyl adjacent to an activating group) is 1. The summed E-state index contributed by atoms with van der Waals surface area (Å²) in [4.78, 5) is 29.5. The number of hydrogen-bond acceptors (Lipinski definition) is 6. The zero-order chi connectivity index (χ0) is 19.3. The molecule has 0 spiro atoms. The lowest BCUT2D eigenvalue weighted by Crippen LogP contribution is -2.38. The molecule has 140 valence electrons. The number of nitrogens with one attached hydrogen (secondary N) is 2. The first-order valence-corrected chi connectivity index (χ1v) is 9.16. The number of phenols is 1. The molecule has 2 amide bonds. The molecule has 7 nitrogen and oxygen atoms in total. The van der Waals surface area contributed by atoms with Crippen LogP contribution >= 0.6 is 11.3 Å². The summed E-state index contributed by atoms with van der Waals surface area (Å²) in [6.07, 6.45) is 0. The van der Waals surface area contributed by atoms with Crippen LogP contribution in [0.5, 0.6) is 5.75 Å². The molecule has 0 unspecified atom stereocenters. The topological polar surface area (TPSA) is 94.6 Å². The van der Waals surface area contributed by atoms with Crippen molar-refractivity contribution in [3.8, 4) is 17.0 Å². The van der Waals surface area contributed by atoms with E-state index in [1.165, 1.54) is 24.3 Å². The van der Waals surface area contributed by atoms with Gasteiger partial charge in [-0.3, -0.25) is 14.5 Å². The number of phenolic OH excluding ortho intramolecular Hbond substituents is 1. The van der Waals surface area contributed by atoms with Crippen LogP contribution in [0.2, 0.25) is 0 Å². The molecule has 1 heterocycles. The summed E-state index contributed by atoms with van der Waals surface area (Å²) >= 11 is 1.50. The molecule has 2 aromatic rings. The lowest BCUT2D eigenvalue weighted by molar-refractivity contribution is -0.122. The molecule has 2 rings (SSSR count). The first kappa shape index (κ1) is 19.9. The lowest BCUT2D eigenvalue weighted by Gasteiger charge is -2.16. The molecule has 0 fully saturated rings. The summed E-state index contributed by atoms with van der Waals surface area (Å²) in [6.45, 7) is 6.11. The molecule has 0 bridgehead atoms. The zero-order valence-corrected chi connectivity index (χ0v) is 16.2. The fourth-order valence-corrected chi connectivity index (χ4v) is 3.28. The summed E-state index contributed by atoms with van der Waals surface area (Å²) in [6, 6.07) is 5.09. The van der Waals surface area contributed by atoms with Crippen LogP contribution < -0.4 is 10.6 Å². The summed E-state index contributed by atoms with van der Waals surface area (Å²) in [5.41, 5.74) is 1.91. The average Bonchev–Trinajstić information content (AvgIpc) is 2.96. The van der Waals surface area contributed by atoms with Crippen LogP contribution in [0.15, 0.2) is 23.6 Å². The standard InChI is InChI=1S/C18H24N4O3S/c1-11(2)19-17(25)8-22(4)9-18-21-15(10-26-18)13-5-6-16(24)14(7-13)20-12(3)23/h5-7,10-11,24H,8-9H2,1-4H3,(H,19,25)(H,20,23). The normalized spacial score (nSPS) is 11.0. The Bertz CT molecular complexity index is 788. The molecule has 26 heavy (non-hydrogen) atoms. The third-order valence-electron chi connectivity index (χ3n) is 3.42. The van der Waals surface area contributed by atoms with Crippen molar-refractivity contribution in [2.75, 3.05) is 18.9 Å². The minimum Gasteiger partial charge on any atom is -0.506 e. The first-order valence-electron chi connectivity index (χ1n) is 8.28. The SMILES string of the molecule is CC(=O)Nc1cc(-c2csc(CN(C)CC(=O)NC(C)C)n2)ccc1O. The van der Waals surface area contributed by atoms with Crippen LogP contribution in [0, 0.1) is 0 Å². The molecule has 8 heteroatoms. The predicted octanol–water partition coefficient (Wildman–Crippen LogP) is 2.43. The second-order valence-corrected chi connectivity index (χ2v) is 7.38. The van der Waals surface area contributed by atoms with E-state index in [-0.39, 0.29) is 23.6 Å². The van der Waals surface area contributed by atoms with Gasteiger partial charge in [-0.05, 0) is 39.1 Å². The fraction of sp³-hybridized carbons (Fsp3) is 0.389. The van der Waals surface area contributed by atoms with E-state index < -0.39 is 0 Å². The van der Waals surface area contributed by atoms with Gasteiger partial charge in [-0.15, -0.1) is 11.3 Å². The summed E-state index contributed by atoms with van der Waals surface area (Å²) in [5, 5.41) is 18.1. The van der Waals surface area contributed by atoms with Gasteiger partial charge in [0.05, 0.1) is 24.5 Å². The fourth-order valence-electron chi connectivity index (χ4n) is 2.40. The maximum atomic E-state index is 11.8. The Labute approximate surface area is 157 Å². The number of aromatic hydroxyl groups is 1. The number of hydrogen-bond donors (Lipinski definition) is 3. The number of nitrogens with zero attached hydrogens (tertiary/aromatic N) is 2. The lowest BCUT2D eigenvalue weighted by atomic mass is 10.1. The second kappa shape index (κ2) is 8.77. The van der Waals surface area contributed by atoms with Gasteiger partial charge in [0.2, 0.25) is 11.8 Å². The van der Waals surface area contributed by atoms with Crippen molar-refractivity contribution in [3.63, 3.8) is 0 Å². The van der Waals surface area contributed by atoms with Crippen LogP contribution in [0.25, 0.3) is 11.3 Å². The highest BCUT2D eigenvalue weighted by Crippen LogP contribution is 2.30. The number of aromatic nitrogens is 1. The van der Waals surface area contributed by atoms with E-state index in [4.69, 9.17) is 0 Å². The minimum atomic E-state index is -0.252. The Morgan fingerprint density at radius 3 is 2.73 bits per heavy atom. The van der Waals surface area contributed by atoms with Gasteiger partial charge in [-0.25, -0.2) is 4.98 Å². The summed E-state index contributed by atoms with van der Waals surface area (Å²) in [5.74, 6) is -0.259. The van der Waals surface area contributed by atoms with Gasteiger partial charge < -0.3 is 15.7 Å². The van der Waals surface area contributed by atoms with E-state index >= 15 is 0 Å². The molecule has 1 aromatic heterocycles. The third-order valence-corrected chi connectivity index (χ3v) is 4.26. The highest BCUT2D eigenvalue weighted by atomic mass is 32.1. The van der Waals surface area contributed by atoms with Crippen molar-refractivity contribution >= 4 is 28.8 Å². The first-order chi connectivity index (χ1) is 12.2. The second-order valence-electron chi connectivity index (χ2n) is 6.43. The number of thiazole rings is 1. The van der Waals surface area contributed by atoms with Crippen molar-refractivity contribution in [2.45, 2.75) is 33.4 Å². The van der Waals surface area contributed by atoms with Crippen LogP contribution in [0.4, 0.5) is 5.69 Å². The third kappa shape index (κ3) is 5.82. The van der Waals surface area contributed by atoms with Crippen LogP contribution in [0.1, 0.15) is 25.8 Å². The molecule has 0 saturated heterocycles. The molecule has 0 aliphatic rings. The van der Waals surface area contributed by atoms with Crippen LogP contribution in [-0.4, -0.2) is 46.4 Å². The Balaban J connectivity index is 2.05. The average molecular weight is 376 g/mol. The smallest absolute Gasteiger partial charge is 0.234 e. The Morgan fingerprint density at radius 1 is 1.35 bits per heavy atom. The highest BCUT2D eigenvalue weighted by molar-refractivity contribution is 7.09. The van der Waals surface area contributed by atoms with E-state index in [9.17, 15) is 14.7 Å². The van der Waals surface area contributed by atoms with E-state index in [1.54, 1.807) is 12.1 Å². The molecule has 0 aliphatic heterocycles. The van der Waals surface area contributed by atoms with E-state index in [1.807, 2.05) is 31.2 Å². The molecular weight excluding hydrogens is 352 g/mol. The number of amides is 2. The molecular formula is C18H24N4O3S. The van der Waals surface area contributed by atoms with Crippen LogP contribution in [0.3, 0.4) is 0 Å². The number of anilines is 1. The van der Waals surface area contributed by atoms with E-state index in [0.717, 1.165) is 16.3 Å². The van der Waals surface area contributed by atoms with Gasteiger partial charge >= 0.3 is 0 Å². The largest absolute Gasteiger partial charge is 0.506 e. The molecule has 0 saturated carbocycles. The number of carbonyl (C=O) groups is 2. The zero-order valence-electron chi connectivity index (χ0n) is 15.4. The quantitative estimate of drug-likeness (QED) is 0.645. The Kier molecular flexibility index (Phi) is 6.70. The van der Waals surface area contributed by atoms with E-state index in [2.05, 4.69) is 15.6 Å². The molecule has 0 radical (unpaired) electrons. The van der Waals surface area contributed by atoms with Crippen molar-refractivity contribution in [3.05, 3.63) is 28.6 Å². The van der Waals surface area contributed by atoms with Crippen molar-refractivity contribution < 1.29 is 14.7 Å². The van der Waals surface area contributed by atoms with Gasteiger partial charge in [0.1, 0.15) is 10.8 Å². The highest BCUT2D eigenvalue weighted by Gasteiger charge is 2.12. The molecule has 0 aliphatic carbocycles. The summed E-state index contributed by atoms with van der Waals surface area (Å²) in [7, 11) is 1.87. The van der Waals surface area contributed by atoms with Crippen molar-refractivity contribution in [2.24, 2.45) is 0 Å². The van der Waals surface area contributed by atoms with Crippen molar-refractivity contribution in [1.29, 1.82) is 0 Å². The number of rotatable bonds is 7.